The molecule has 138 valence electrons. The number of carbonyl (C=O) groups excluding carboxylic acids is 1. The topological polar surface area (TPSA) is 54.5 Å². The zero-order chi connectivity index (χ0) is 18.9. The molecule has 0 bridgehead atoms. The maximum absolute atomic E-state index is 13.2. The molecule has 1 aliphatic rings. The van der Waals surface area contributed by atoms with E-state index in [1.54, 1.807) is 18.2 Å². The number of hydrogen-bond acceptors (Lipinski definition) is 3. The van der Waals surface area contributed by atoms with E-state index in [1.807, 2.05) is 0 Å². The highest BCUT2D eigenvalue weighted by molar-refractivity contribution is 7.91. The van der Waals surface area contributed by atoms with Crippen LogP contribution in [0, 0.1) is 5.82 Å². The Morgan fingerprint density at radius 2 is 1.85 bits per heavy atom. The molecule has 0 radical (unpaired) electrons. The Kier molecular flexibility index (Phi) is 5.55. The van der Waals surface area contributed by atoms with E-state index < -0.39 is 15.9 Å². The second kappa shape index (κ2) is 7.55. The lowest BCUT2D eigenvalue weighted by Crippen LogP contribution is -2.40. The number of benzene rings is 2. The number of sulfone groups is 1. The van der Waals surface area contributed by atoms with E-state index >= 15 is 0 Å². The summed E-state index contributed by atoms with van der Waals surface area (Å²) < 4.78 is 36.9. The lowest BCUT2D eigenvalue weighted by atomic mass is 10.1. The molecule has 1 amide bonds. The summed E-state index contributed by atoms with van der Waals surface area (Å²) in [6.07, 6.45) is 0.362. The molecule has 1 heterocycles. The zero-order valence-corrected chi connectivity index (χ0v) is 16.0. The van der Waals surface area contributed by atoms with E-state index in [0.717, 1.165) is 0 Å². The first kappa shape index (κ1) is 19.1. The van der Waals surface area contributed by atoms with Crippen molar-refractivity contribution >= 4 is 38.9 Å². The van der Waals surface area contributed by atoms with Crippen LogP contribution in [0.1, 0.15) is 22.3 Å². The molecular formula is C18H16Cl2FNO3S. The molecule has 0 N–H and O–H groups in total. The number of rotatable bonds is 4. The van der Waals surface area contributed by atoms with Gasteiger partial charge in [0.25, 0.3) is 5.91 Å². The highest BCUT2D eigenvalue weighted by Crippen LogP contribution is 2.27. The Balaban J connectivity index is 1.94. The molecule has 0 saturated carbocycles. The summed E-state index contributed by atoms with van der Waals surface area (Å²) in [6.45, 7) is 0.165. The molecule has 26 heavy (non-hydrogen) atoms. The summed E-state index contributed by atoms with van der Waals surface area (Å²) in [5.41, 5.74) is 0.955. The molecule has 2 aromatic carbocycles. The molecule has 3 rings (SSSR count). The highest BCUT2D eigenvalue weighted by Gasteiger charge is 2.35. The van der Waals surface area contributed by atoms with Gasteiger partial charge in [-0.25, -0.2) is 12.8 Å². The van der Waals surface area contributed by atoms with Crippen LogP contribution in [-0.2, 0) is 16.4 Å². The van der Waals surface area contributed by atoms with E-state index in [0.29, 0.717) is 17.0 Å². The summed E-state index contributed by atoms with van der Waals surface area (Å²) in [5.74, 6) is -0.807. The van der Waals surface area contributed by atoms with Crippen molar-refractivity contribution in [3.05, 3.63) is 69.5 Å². The van der Waals surface area contributed by atoms with E-state index in [-0.39, 0.29) is 40.4 Å². The van der Waals surface area contributed by atoms with E-state index in [1.165, 1.54) is 29.2 Å². The largest absolute Gasteiger partial charge is 0.330 e. The first-order valence-corrected chi connectivity index (χ1v) is 10.5. The molecule has 0 aliphatic carbocycles. The maximum Gasteiger partial charge on any atom is 0.255 e. The standard InChI is InChI=1S/C18H16Cl2FNO3S/c19-13-3-6-16(17(20)9-13)18(23)22(15-7-8-26(24,25)11-15)10-12-1-4-14(21)5-2-12/h1-6,9,15H,7-8,10-11H2. The van der Waals surface area contributed by atoms with Gasteiger partial charge in [0.05, 0.1) is 22.1 Å². The minimum atomic E-state index is -3.18. The number of nitrogens with zero attached hydrogens (tertiary/aromatic N) is 1. The van der Waals surface area contributed by atoms with Crippen molar-refractivity contribution in [2.45, 2.75) is 19.0 Å². The summed E-state index contributed by atoms with van der Waals surface area (Å²) in [5, 5.41) is 0.604. The lowest BCUT2D eigenvalue weighted by molar-refractivity contribution is 0.0681. The van der Waals surface area contributed by atoms with Crippen molar-refractivity contribution in [1.29, 1.82) is 0 Å². The molecule has 0 aromatic heterocycles. The summed E-state index contributed by atoms with van der Waals surface area (Å²) in [4.78, 5) is 14.6. The molecule has 1 aliphatic heterocycles. The molecule has 1 saturated heterocycles. The van der Waals surface area contributed by atoms with Gasteiger partial charge in [0.15, 0.2) is 9.84 Å². The first-order chi connectivity index (χ1) is 12.2. The van der Waals surface area contributed by atoms with Gasteiger partial charge in [-0.05, 0) is 42.3 Å². The van der Waals surface area contributed by atoms with Crippen LogP contribution in [0.15, 0.2) is 42.5 Å². The predicted molar refractivity (Wildman–Crippen MR) is 99.8 cm³/mol. The number of halogens is 3. The van der Waals surface area contributed by atoms with Gasteiger partial charge in [-0.3, -0.25) is 4.79 Å². The van der Waals surface area contributed by atoms with Gasteiger partial charge in [0.1, 0.15) is 5.82 Å². The number of hydrogen-bond donors (Lipinski definition) is 0. The minimum absolute atomic E-state index is 0.0409. The van der Waals surface area contributed by atoms with Crippen LogP contribution < -0.4 is 0 Å². The third-order valence-corrected chi connectivity index (χ3v) is 6.64. The number of carbonyl (C=O) groups is 1. The monoisotopic (exact) mass is 415 g/mol. The van der Waals surface area contributed by atoms with Gasteiger partial charge < -0.3 is 4.90 Å². The fourth-order valence-corrected chi connectivity index (χ4v) is 5.21. The van der Waals surface area contributed by atoms with Crippen molar-refractivity contribution in [3.8, 4) is 0 Å². The number of amides is 1. The molecule has 2 aromatic rings. The van der Waals surface area contributed by atoms with Crippen molar-refractivity contribution in [1.82, 2.24) is 4.90 Å². The van der Waals surface area contributed by atoms with Crippen LogP contribution in [-0.4, -0.2) is 36.8 Å². The van der Waals surface area contributed by atoms with Gasteiger partial charge >= 0.3 is 0 Å². The van der Waals surface area contributed by atoms with Crippen LogP contribution >= 0.6 is 23.2 Å². The zero-order valence-electron chi connectivity index (χ0n) is 13.7. The summed E-state index contributed by atoms with van der Waals surface area (Å²) >= 11 is 12.0. The van der Waals surface area contributed by atoms with Gasteiger partial charge in [-0.2, -0.15) is 0 Å². The Hall–Kier alpha value is -1.63. The van der Waals surface area contributed by atoms with E-state index in [2.05, 4.69) is 0 Å². The molecule has 1 unspecified atom stereocenters. The molecule has 1 atom stereocenters. The molecular weight excluding hydrogens is 400 g/mol. The Morgan fingerprint density at radius 1 is 1.15 bits per heavy atom. The third kappa shape index (κ3) is 4.37. The van der Waals surface area contributed by atoms with Crippen LogP contribution in [0.5, 0.6) is 0 Å². The van der Waals surface area contributed by atoms with Crippen molar-refractivity contribution in [2.75, 3.05) is 11.5 Å². The van der Waals surface area contributed by atoms with Crippen molar-refractivity contribution in [2.24, 2.45) is 0 Å². The smallest absolute Gasteiger partial charge is 0.255 e. The first-order valence-electron chi connectivity index (χ1n) is 7.96. The van der Waals surface area contributed by atoms with Gasteiger partial charge in [0.2, 0.25) is 0 Å². The average molecular weight is 416 g/mol. The Morgan fingerprint density at radius 3 is 2.42 bits per heavy atom. The van der Waals surface area contributed by atoms with Crippen LogP contribution in [0.4, 0.5) is 4.39 Å². The third-order valence-electron chi connectivity index (χ3n) is 4.34. The quantitative estimate of drug-likeness (QED) is 0.758. The van der Waals surface area contributed by atoms with E-state index in [4.69, 9.17) is 23.2 Å². The predicted octanol–water partition coefficient (Wildman–Crippen LogP) is 3.96. The molecule has 1 fully saturated rings. The van der Waals surface area contributed by atoms with Crippen molar-refractivity contribution in [3.63, 3.8) is 0 Å². The fourth-order valence-electron chi connectivity index (χ4n) is 2.99. The fraction of sp³-hybridized carbons (Fsp3) is 0.278. The van der Waals surface area contributed by atoms with Crippen LogP contribution in [0.2, 0.25) is 10.0 Å². The van der Waals surface area contributed by atoms with Gasteiger partial charge in [0, 0.05) is 17.6 Å². The maximum atomic E-state index is 13.2. The van der Waals surface area contributed by atoms with Gasteiger partial charge in [-0.1, -0.05) is 35.3 Å². The summed E-state index contributed by atoms with van der Waals surface area (Å²) in [7, 11) is -3.18. The molecule has 0 spiro atoms. The minimum Gasteiger partial charge on any atom is -0.330 e. The second-order valence-electron chi connectivity index (χ2n) is 6.24. The van der Waals surface area contributed by atoms with Crippen molar-refractivity contribution < 1.29 is 17.6 Å². The normalized spacial score (nSPS) is 18.7. The lowest BCUT2D eigenvalue weighted by Gasteiger charge is -2.29. The molecule has 4 nitrogen and oxygen atoms in total. The second-order valence-corrected chi connectivity index (χ2v) is 9.31. The molecule has 8 heteroatoms. The summed E-state index contributed by atoms with van der Waals surface area (Å²) in [6, 6.07) is 9.85. The SMILES string of the molecule is O=C(c1ccc(Cl)cc1Cl)N(Cc1ccc(F)cc1)C1CCS(=O)(=O)C1. The van der Waals surface area contributed by atoms with Crippen LogP contribution in [0.25, 0.3) is 0 Å². The van der Waals surface area contributed by atoms with E-state index in [9.17, 15) is 17.6 Å². The Labute approximate surface area is 161 Å². The van der Waals surface area contributed by atoms with Crippen LogP contribution in [0.3, 0.4) is 0 Å². The average Bonchev–Trinajstić information content (AvgIpc) is 2.93. The highest BCUT2D eigenvalue weighted by atomic mass is 35.5. The Bertz CT molecular complexity index is 932. The van der Waals surface area contributed by atoms with Gasteiger partial charge in [-0.15, -0.1) is 0 Å².